The Morgan fingerprint density at radius 3 is 1.70 bits per heavy atom. The molecule has 0 amide bonds. The molecule has 3 fully saturated rings. The van der Waals surface area contributed by atoms with Crippen molar-refractivity contribution in [3.63, 3.8) is 0 Å². The van der Waals surface area contributed by atoms with E-state index >= 15 is 0 Å². The molecule has 0 bridgehead atoms. The molecule has 0 unspecified atom stereocenters. The monoisotopic (exact) mass is 744 g/mol. The van der Waals surface area contributed by atoms with Gasteiger partial charge >= 0.3 is 0 Å². The first-order valence-electron chi connectivity index (χ1n) is 18.8. The molecule has 10 atom stereocenters. The highest BCUT2D eigenvalue weighted by Gasteiger charge is 2.57. The fourth-order valence-corrected chi connectivity index (χ4v) is 7.49. The predicted molar refractivity (Wildman–Crippen MR) is 203 cm³/mol. The number of hydrogen-bond acceptors (Lipinski definition) is 10. The average molecular weight is 745 g/mol. The van der Waals surface area contributed by atoms with Gasteiger partial charge in [-0.2, -0.15) is 0 Å². The van der Waals surface area contributed by atoms with E-state index in [4.69, 9.17) is 47.4 Å². The first-order valence-corrected chi connectivity index (χ1v) is 18.8. The van der Waals surface area contributed by atoms with E-state index in [1.54, 1.807) is 13.2 Å². The fourth-order valence-electron chi connectivity index (χ4n) is 7.49. The molecule has 6 rings (SSSR count). The number of methoxy groups -OCH3 is 1. The molecule has 3 aromatic carbocycles. The van der Waals surface area contributed by atoms with Gasteiger partial charge in [-0.25, -0.2) is 0 Å². The molecule has 0 aromatic heterocycles. The van der Waals surface area contributed by atoms with E-state index in [0.717, 1.165) is 16.7 Å². The van der Waals surface area contributed by atoms with Crippen molar-refractivity contribution in [3.05, 3.63) is 133 Å². The van der Waals surface area contributed by atoms with Crippen molar-refractivity contribution < 1.29 is 47.4 Å². The van der Waals surface area contributed by atoms with Crippen LogP contribution in [0, 0.1) is 5.92 Å². The highest BCUT2D eigenvalue weighted by molar-refractivity contribution is 5.16. The van der Waals surface area contributed by atoms with Crippen LogP contribution < -0.4 is 0 Å². The summed E-state index contributed by atoms with van der Waals surface area (Å²) in [7, 11) is 1.61. The van der Waals surface area contributed by atoms with Crippen molar-refractivity contribution in [2.24, 2.45) is 5.92 Å². The van der Waals surface area contributed by atoms with Crippen molar-refractivity contribution in [2.45, 2.75) is 114 Å². The van der Waals surface area contributed by atoms with Gasteiger partial charge in [0.2, 0.25) is 0 Å². The maximum absolute atomic E-state index is 6.96. The highest BCUT2D eigenvalue weighted by atomic mass is 16.8. The van der Waals surface area contributed by atoms with Crippen LogP contribution in [0.4, 0.5) is 0 Å². The lowest BCUT2D eigenvalue weighted by Crippen LogP contribution is -2.64. The van der Waals surface area contributed by atoms with Crippen molar-refractivity contribution in [2.75, 3.05) is 20.3 Å². The minimum atomic E-state index is -0.934. The molecular weight excluding hydrogens is 688 g/mol. The summed E-state index contributed by atoms with van der Waals surface area (Å²) < 4.78 is 65.7. The second-order valence-electron chi connectivity index (χ2n) is 14.8. The van der Waals surface area contributed by atoms with E-state index in [2.05, 4.69) is 13.2 Å². The SMILES string of the molecule is C=CCO[C@@H]([C@@H](C=C)[C@H]1O[C@H](OC)[C@H](OCc2ccccc2)[C@@H](OCc2ccccc2)[C@@H]1OCc1ccccc1)[C@H]1OC(C)(C)O[C@@H]1[C@H]1COC(C)(C)O1. The molecule has 54 heavy (non-hydrogen) atoms. The van der Waals surface area contributed by atoms with Crippen LogP contribution in [0.15, 0.2) is 116 Å². The van der Waals surface area contributed by atoms with E-state index in [1.807, 2.05) is 125 Å². The molecule has 10 heteroatoms. The van der Waals surface area contributed by atoms with Gasteiger partial charge in [-0.05, 0) is 44.4 Å². The molecule has 10 nitrogen and oxygen atoms in total. The van der Waals surface area contributed by atoms with Crippen LogP contribution in [0.5, 0.6) is 0 Å². The first kappa shape index (κ1) is 40.4. The number of hydrogen-bond donors (Lipinski definition) is 0. The number of rotatable bonds is 18. The molecule has 0 spiro atoms. The Hall–Kier alpha value is -3.26. The van der Waals surface area contributed by atoms with Gasteiger partial charge in [0.15, 0.2) is 17.9 Å². The largest absolute Gasteiger partial charge is 0.371 e. The maximum Gasteiger partial charge on any atom is 0.186 e. The molecule has 3 saturated heterocycles. The predicted octanol–water partition coefficient (Wildman–Crippen LogP) is 7.16. The van der Waals surface area contributed by atoms with Crippen LogP contribution in [-0.2, 0) is 67.2 Å². The lowest BCUT2D eigenvalue weighted by molar-refractivity contribution is -0.328. The second kappa shape index (κ2) is 18.6. The van der Waals surface area contributed by atoms with E-state index in [-0.39, 0.29) is 6.61 Å². The second-order valence-corrected chi connectivity index (χ2v) is 14.8. The summed E-state index contributed by atoms with van der Waals surface area (Å²) in [4.78, 5) is 0. The maximum atomic E-state index is 6.96. The van der Waals surface area contributed by atoms with Crippen molar-refractivity contribution in [3.8, 4) is 0 Å². The van der Waals surface area contributed by atoms with E-state index < -0.39 is 72.6 Å². The smallest absolute Gasteiger partial charge is 0.186 e. The van der Waals surface area contributed by atoms with Gasteiger partial charge in [-0.1, -0.05) is 103 Å². The molecular formula is C44H56O10. The topological polar surface area (TPSA) is 92.3 Å². The number of benzene rings is 3. The summed E-state index contributed by atoms with van der Waals surface area (Å²) >= 11 is 0. The molecule has 0 saturated carbocycles. The Bertz CT molecular complexity index is 1580. The van der Waals surface area contributed by atoms with Crippen LogP contribution in [-0.4, -0.2) is 87.0 Å². The van der Waals surface area contributed by atoms with Gasteiger partial charge in [-0.15, -0.1) is 13.2 Å². The Kier molecular flexibility index (Phi) is 13.9. The summed E-state index contributed by atoms with van der Waals surface area (Å²) in [6.45, 7) is 17.3. The van der Waals surface area contributed by atoms with Gasteiger partial charge in [0.05, 0.1) is 45.2 Å². The molecule has 3 aliphatic heterocycles. The third-order valence-corrected chi connectivity index (χ3v) is 9.94. The first-order chi connectivity index (χ1) is 26.1. The molecule has 3 heterocycles. The summed E-state index contributed by atoms with van der Waals surface area (Å²) in [6, 6.07) is 30.1. The third-order valence-electron chi connectivity index (χ3n) is 9.94. The van der Waals surface area contributed by atoms with Crippen LogP contribution >= 0.6 is 0 Å². The van der Waals surface area contributed by atoms with E-state index in [0.29, 0.717) is 26.4 Å². The van der Waals surface area contributed by atoms with Crippen molar-refractivity contribution in [1.29, 1.82) is 0 Å². The Morgan fingerprint density at radius 2 is 1.22 bits per heavy atom. The molecule has 3 aliphatic rings. The minimum absolute atomic E-state index is 0.238. The van der Waals surface area contributed by atoms with Gasteiger partial charge in [0.1, 0.15) is 36.6 Å². The van der Waals surface area contributed by atoms with E-state index in [1.165, 1.54) is 0 Å². The van der Waals surface area contributed by atoms with Crippen LogP contribution in [0.1, 0.15) is 44.4 Å². The Labute approximate surface area is 320 Å². The van der Waals surface area contributed by atoms with Gasteiger partial charge in [-0.3, -0.25) is 0 Å². The molecule has 0 N–H and O–H groups in total. The standard InChI is InChI=1S/C44H56O10/c1-8-25-46-35(40-37(53-44(5,6)54-40)34-29-50-43(3,4)52-34)33(9-2)36-38(47-26-30-19-13-10-14-20-30)39(48-27-31-21-15-11-16-22-31)41(42(45-7)51-36)49-28-32-23-17-12-18-24-32/h8-24,33-42H,1-2,25-29H2,3-7H3/t33-,34-,35+,36-,37-,38-,39+,40-,41-,42+/m1/s1. The van der Waals surface area contributed by atoms with Gasteiger partial charge in [0, 0.05) is 13.0 Å². The zero-order valence-corrected chi connectivity index (χ0v) is 32.1. The zero-order chi connectivity index (χ0) is 38.1. The third kappa shape index (κ3) is 10.1. The lowest BCUT2D eigenvalue weighted by atomic mass is 9.82. The lowest BCUT2D eigenvalue weighted by Gasteiger charge is -2.49. The molecule has 0 aliphatic carbocycles. The molecule has 3 aromatic rings. The van der Waals surface area contributed by atoms with Gasteiger partial charge < -0.3 is 47.4 Å². The number of ether oxygens (including phenoxy) is 10. The highest BCUT2D eigenvalue weighted by Crippen LogP contribution is 2.42. The molecule has 0 radical (unpaired) electrons. The van der Waals surface area contributed by atoms with Crippen molar-refractivity contribution in [1.82, 2.24) is 0 Å². The quantitative estimate of drug-likeness (QED) is 0.125. The normalized spacial score (nSPS) is 30.1. The van der Waals surface area contributed by atoms with Crippen LogP contribution in [0.3, 0.4) is 0 Å². The summed E-state index contributed by atoms with van der Waals surface area (Å²) in [6.07, 6.45) is -2.19. The summed E-state index contributed by atoms with van der Waals surface area (Å²) in [5.74, 6) is -2.23. The summed E-state index contributed by atoms with van der Waals surface area (Å²) in [5.41, 5.74) is 3.01. The minimum Gasteiger partial charge on any atom is -0.371 e. The van der Waals surface area contributed by atoms with Crippen molar-refractivity contribution >= 4 is 0 Å². The van der Waals surface area contributed by atoms with Crippen LogP contribution in [0.25, 0.3) is 0 Å². The summed E-state index contributed by atoms with van der Waals surface area (Å²) in [5, 5.41) is 0. The Morgan fingerprint density at radius 1 is 0.685 bits per heavy atom. The van der Waals surface area contributed by atoms with E-state index in [9.17, 15) is 0 Å². The van der Waals surface area contributed by atoms with Crippen LogP contribution in [0.2, 0.25) is 0 Å². The zero-order valence-electron chi connectivity index (χ0n) is 32.1. The van der Waals surface area contributed by atoms with Gasteiger partial charge in [0.25, 0.3) is 0 Å². The average Bonchev–Trinajstić information content (AvgIpc) is 3.72. The Balaban J connectivity index is 1.39. The fraction of sp³-hybridized carbons (Fsp3) is 0.500. The molecule has 292 valence electrons.